The first-order chi connectivity index (χ1) is 23.7. The molecule has 0 saturated carbocycles. The highest BCUT2D eigenvalue weighted by Gasteiger charge is 2.31. The molecule has 0 fully saturated rings. The summed E-state index contributed by atoms with van der Waals surface area (Å²) < 4.78 is 0. The molecule has 0 saturated heterocycles. The maximum absolute atomic E-state index is 3.91. The molecule has 7 aromatic rings. The summed E-state index contributed by atoms with van der Waals surface area (Å²) in [7, 11) is 0. The van der Waals surface area contributed by atoms with Crippen LogP contribution >= 0.6 is 0 Å². The minimum atomic E-state index is -0.394. The average molecular weight is 617 g/mol. The second kappa shape index (κ2) is 12.9. The first-order valence-corrected chi connectivity index (χ1v) is 16.6. The van der Waals surface area contributed by atoms with Crippen LogP contribution in [0.5, 0.6) is 0 Å². The van der Waals surface area contributed by atoms with Crippen molar-refractivity contribution in [1.82, 2.24) is 0 Å². The summed E-state index contributed by atoms with van der Waals surface area (Å²) in [5.74, 6) is 0. The van der Waals surface area contributed by atoms with E-state index in [1.165, 1.54) is 49.7 Å². The van der Waals surface area contributed by atoms with E-state index in [4.69, 9.17) is 0 Å². The van der Waals surface area contributed by atoms with Gasteiger partial charge in [0.1, 0.15) is 0 Å². The number of fused-ring (bicyclic) bond motifs is 1. The zero-order chi connectivity index (χ0) is 32.2. The van der Waals surface area contributed by atoms with Gasteiger partial charge in [0.2, 0.25) is 0 Å². The highest BCUT2D eigenvalue weighted by molar-refractivity contribution is 6.01. The number of benzene rings is 7. The SMILES string of the molecule is C1=CC(Nc2ccccc2)(c2ccc(-c3ccccc3)cc2)CC=C1c1ccc(Nc2ccccc2)cc1-c1cccc2ccccc12. The van der Waals surface area contributed by atoms with E-state index >= 15 is 0 Å². The minimum absolute atomic E-state index is 0.394. The third-order valence-corrected chi connectivity index (χ3v) is 9.31. The lowest BCUT2D eigenvalue weighted by atomic mass is 9.79. The summed E-state index contributed by atoms with van der Waals surface area (Å²) in [6, 6.07) is 62.5. The topological polar surface area (TPSA) is 24.1 Å². The van der Waals surface area contributed by atoms with E-state index in [0.29, 0.717) is 0 Å². The Kier molecular flexibility index (Phi) is 7.90. The summed E-state index contributed by atoms with van der Waals surface area (Å²) in [4.78, 5) is 0. The predicted molar refractivity (Wildman–Crippen MR) is 204 cm³/mol. The Labute approximate surface area is 282 Å². The molecule has 1 atom stereocenters. The van der Waals surface area contributed by atoms with Crippen molar-refractivity contribution in [2.45, 2.75) is 12.0 Å². The van der Waals surface area contributed by atoms with E-state index in [0.717, 1.165) is 23.5 Å². The largest absolute Gasteiger partial charge is 0.372 e. The van der Waals surface area contributed by atoms with Crippen LogP contribution in [0.3, 0.4) is 0 Å². The van der Waals surface area contributed by atoms with Gasteiger partial charge in [0, 0.05) is 17.1 Å². The first-order valence-electron chi connectivity index (χ1n) is 16.6. The average Bonchev–Trinajstić information content (AvgIpc) is 3.16. The number of nitrogens with one attached hydrogen (secondary N) is 2. The fraction of sp³-hybridized carbons (Fsp3) is 0.0435. The van der Waals surface area contributed by atoms with Gasteiger partial charge in [0.05, 0.1) is 5.54 Å². The van der Waals surface area contributed by atoms with E-state index in [1.807, 2.05) is 6.07 Å². The van der Waals surface area contributed by atoms with Crippen molar-refractivity contribution in [2.75, 3.05) is 10.6 Å². The molecule has 1 aliphatic rings. The van der Waals surface area contributed by atoms with Crippen LogP contribution in [0.15, 0.2) is 194 Å². The van der Waals surface area contributed by atoms with Gasteiger partial charge in [0.15, 0.2) is 0 Å². The first kappa shape index (κ1) is 29.3. The van der Waals surface area contributed by atoms with Gasteiger partial charge in [-0.2, -0.15) is 0 Å². The second-order valence-electron chi connectivity index (χ2n) is 12.4. The quantitative estimate of drug-likeness (QED) is 0.177. The van der Waals surface area contributed by atoms with E-state index in [1.54, 1.807) is 0 Å². The van der Waals surface area contributed by atoms with E-state index in [2.05, 4.69) is 199 Å². The number of para-hydroxylation sites is 2. The molecule has 0 bridgehead atoms. The van der Waals surface area contributed by atoms with Crippen molar-refractivity contribution in [3.8, 4) is 22.3 Å². The molecule has 48 heavy (non-hydrogen) atoms. The Hall–Kier alpha value is -6.12. The van der Waals surface area contributed by atoms with E-state index in [-0.39, 0.29) is 0 Å². The molecule has 0 spiro atoms. The molecule has 2 nitrogen and oxygen atoms in total. The fourth-order valence-electron chi connectivity index (χ4n) is 6.83. The Morgan fingerprint density at radius 2 is 1.10 bits per heavy atom. The summed E-state index contributed by atoms with van der Waals surface area (Å²) >= 11 is 0. The standard InChI is InChI=1S/C46H36N2/c1-4-13-34(14-5-1)35-23-25-38(26-24-35)46(48-40-19-8-3-9-20-40)31-29-37(30-32-46)43-28-27-41(47-39-17-6-2-7-18-39)33-45(43)44-22-12-16-36-15-10-11-21-42(36)44/h1-31,33,47-48H,32H2. The lowest BCUT2D eigenvalue weighted by Gasteiger charge is -2.35. The molecule has 0 radical (unpaired) electrons. The Morgan fingerprint density at radius 1 is 0.458 bits per heavy atom. The molecule has 1 aliphatic carbocycles. The molecule has 7 aromatic carbocycles. The Bertz CT molecular complexity index is 2230. The van der Waals surface area contributed by atoms with Crippen LogP contribution in [-0.2, 0) is 5.54 Å². The summed E-state index contributed by atoms with van der Waals surface area (Å²) in [5, 5.41) is 10.0. The summed E-state index contributed by atoms with van der Waals surface area (Å²) in [6.07, 6.45) is 7.86. The van der Waals surface area contributed by atoms with E-state index < -0.39 is 5.54 Å². The van der Waals surface area contributed by atoms with Crippen LogP contribution in [0.1, 0.15) is 17.5 Å². The lowest BCUT2D eigenvalue weighted by molar-refractivity contribution is 0.620. The maximum Gasteiger partial charge on any atom is 0.0847 e. The van der Waals surface area contributed by atoms with Crippen molar-refractivity contribution in [1.29, 1.82) is 0 Å². The number of anilines is 3. The van der Waals surface area contributed by atoms with Crippen LogP contribution in [0.4, 0.5) is 17.1 Å². The molecule has 0 amide bonds. The zero-order valence-corrected chi connectivity index (χ0v) is 26.7. The molecule has 0 heterocycles. The monoisotopic (exact) mass is 616 g/mol. The van der Waals surface area contributed by atoms with Crippen LogP contribution in [0.25, 0.3) is 38.6 Å². The molecule has 1 unspecified atom stereocenters. The van der Waals surface area contributed by atoms with Crippen LogP contribution < -0.4 is 10.6 Å². The highest BCUT2D eigenvalue weighted by atomic mass is 15.0. The summed E-state index contributed by atoms with van der Waals surface area (Å²) in [6.45, 7) is 0. The molecule has 230 valence electrons. The van der Waals surface area contributed by atoms with Crippen molar-refractivity contribution in [2.24, 2.45) is 0 Å². The van der Waals surface area contributed by atoms with Crippen molar-refractivity contribution in [3.63, 3.8) is 0 Å². The van der Waals surface area contributed by atoms with Gasteiger partial charge in [-0.1, -0.05) is 158 Å². The molecule has 2 N–H and O–H groups in total. The third kappa shape index (κ3) is 5.92. The van der Waals surface area contributed by atoms with Crippen LogP contribution in [0.2, 0.25) is 0 Å². The highest BCUT2D eigenvalue weighted by Crippen LogP contribution is 2.42. The van der Waals surface area contributed by atoms with Gasteiger partial charge in [0.25, 0.3) is 0 Å². The van der Waals surface area contributed by atoms with Gasteiger partial charge in [-0.15, -0.1) is 0 Å². The fourth-order valence-corrected chi connectivity index (χ4v) is 6.83. The second-order valence-corrected chi connectivity index (χ2v) is 12.4. The molecular formula is C46H36N2. The van der Waals surface area contributed by atoms with Gasteiger partial charge in [-0.25, -0.2) is 0 Å². The maximum atomic E-state index is 3.91. The Balaban J connectivity index is 1.20. The van der Waals surface area contributed by atoms with Gasteiger partial charge >= 0.3 is 0 Å². The zero-order valence-electron chi connectivity index (χ0n) is 26.7. The third-order valence-electron chi connectivity index (χ3n) is 9.31. The number of allylic oxidation sites excluding steroid dienone is 2. The molecular weight excluding hydrogens is 581 g/mol. The predicted octanol–water partition coefficient (Wildman–Crippen LogP) is 12.3. The van der Waals surface area contributed by atoms with Crippen LogP contribution in [-0.4, -0.2) is 0 Å². The van der Waals surface area contributed by atoms with E-state index in [9.17, 15) is 0 Å². The normalized spacial score (nSPS) is 15.5. The number of hydrogen-bond donors (Lipinski definition) is 2. The van der Waals surface area contributed by atoms with Gasteiger partial charge < -0.3 is 10.6 Å². The smallest absolute Gasteiger partial charge is 0.0847 e. The lowest BCUT2D eigenvalue weighted by Crippen LogP contribution is -2.34. The minimum Gasteiger partial charge on any atom is -0.372 e. The van der Waals surface area contributed by atoms with Crippen LogP contribution in [0, 0.1) is 0 Å². The number of rotatable bonds is 8. The molecule has 0 aliphatic heterocycles. The van der Waals surface area contributed by atoms with Crippen molar-refractivity contribution < 1.29 is 0 Å². The van der Waals surface area contributed by atoms with Gasteiger partial charge in [-0.05, 0) is 92.5 Å². The molecule has 8 rings (SSSR count). The Morgan fingerprint density at radius 3 is 1.83 bits per heavy atom. The summed E-state index contributed by atoms with van der Waals surface area (Å²) in [5.41, 5.74) is 11.4. The number of hydrogen-bond acceptors (Lipinski definition) is 2. The van der Waals surface area contributed by atoms with Crippen molar-refractivity contribution >= 4 is 33.4 Å². The van der Waals surface area contributed by atoms with Crippen molar-refractivity contribution in [3.05, 3.63) is 205 Å². The molecule has 2 heteroatoms. The molecule has 0 aromatic heterocycles. The van der Waals surface area contributed by atoms with Gasteiger partial charge in [-0.3, -0.25) is 0 Å².